The molecule has 0 radical (unpaired) electrons. The summed E-state index contributed by atoms with van der Waals surface area (Å²) in [5.41, 5.74) is 3.49. The van der Waals surface area contributed by atoms with E-state index in [1.165, 1.54) is 6.42 Å². The summed E-state index contributed by atoms with van der Waals surface area (Å²) in [5, 5.41) is 3.57. The SMILES string of the molecule is CC(C)(C)CNCC1Cc2ccccc21. The third-order valence-corrected chi connectivity index (χ3v) is 3.01. The van der Waals surface area contributed by atoms with Crippen LogP contribution < -0.4 is 5.32 Å². The quantitative estimate of drug-likeness (QED) is 0.796. The van der Waals surface area contributed by atoms with Crippen LogP contribution >= 0.6 is 0 Å². The van der Waals surface area contributed by atoms with Gasteiger partial charge in [0.05, 0.1) is 0 Å². The Hall–Kier alpha value is -0.820. The van der Waals surface area contributed by atoms with E-state index in [0.29, 0.717) is 5.41 Å². The van der Waals surface area contributed by atoms with Crippen molar-refractivity contribution < 1.29 is 0 Å². The molecule has 1 atom stereocenters. The number of benzene rings is 1. The Morgan fingerprint density at radius 2 is 2.00 bits per heavy atom. The zero-order chi connectivity index (χ0) is 10.9. The Morgan fingerprint density at radius 3 is 2.67 bits per heavy atom. The highest BCUT2D eigenvalue weighted by Gasteiger charge is 2.25. The fourth-order valence-electron chi connectivity index (χ4n) is 2.17. The van der Waals surface area contributed by atoms with Crippen LogP contribution in [-0.2, 0) is 6.42 Å². The summed E-state index contributed by atoms with van der Waals surface area (Å²) >= 11 is 0. The smallest absolute Gasteiger partial charge is 0.00236 e. The van der Waals surface area contributed by atoms with E-state index < -0.39 is 0 Å². The second-order valence-electron chi connectivity index (χ2n) is 5.79. The van der Waals surface area contributed by atoms with E-state index in [4.69, 9.17) is 0 Å². The van der Waals surface area contributed by atoms with E-state index in [2.05, 4.69) is 50.4 Å². The Kier molecular flexibility index (Phi) is 2.83. The average Bonchev–Trinajstić information content (AvgIpc) is 2.11. The van der Waals surface area contributed by atoms with Crippen LogP contribution in [0.15, 0.2) is 24.3 Å². The molecule has 1 aliphatic carbocycles. The first-order valence-electron chi connectivity index (χ1n) is 5.85. The van der Waals surface area contributed by atoms with Gasteiger partial charge in [0, 0.05) is 19.0 Å². The number of fused-ring (bicyclic) bond motifs is 1. The van der Waals surface area contributed by atoms with Crippen molar-refractivity contribution in [2.45, 2.75) is 33.1 Å². The highest BCUT2D eigenvalue weighted by atomic mass is 14.9. The van der Waals surface area contributed by atoms with E-state index >= 15 is 0 Å². The van der Waals surface area contributed by atoms with E-state index in [1.807, 2.05) is 0 Å². The van der Waals surface area contributed by atoms with Gasteiger partial charge in [0.1, 0.15) is 0 Å². The van der Waals surface area contributed by atoms with Crippen LogP contribution in [0.5, 0.6) is 0 Å². The molecule has 0 fully saturated rings. The lowest BCUT2D eigenvalue weighted by atomic mass is 9.77. The van der Waals surface area contributed by atoms with Gasteiger partial charge in [0.2, 0.25) is 0 Å². The third-order valence-electron chi connectivity index (χ3n) is 3.01. The van der Waals surface area contributed by atoms with Gasteiger partial charge in [-0.25, -0.2) is 0 Å². The molecule has 0 bridgehead atoms. The molecular formula is C14H21N. The highest BCUT2D eigenvalue weighted by molar-refractivity contribution is 5.40. The van der Waals surface area contributed by atoms with Gasteiger partial charge in [-0.05, 0) is 23.0 Å². The van der Waals surface area contributed by atoms with Gasteiger partial charge in [-0.2, -0.15) is 0 Å². The Labute approximate surface area is 92.9 Å². The molecule has 1 N–H and O–H groups in total. The summed E-state index contributed by atoms with van der Waals surface area (Å²) < 4.78 is 0. The number of hydrogen-bond acceptors (Lipinski definition) is 1. The van der Waals surface area contributed by atoms with E-state index in [0.717, 1.165) is 19.0 Å². The molecule has 1 aliphatic rings. The van der Waals surface area contributed by atoms with Crippen molar-refractivity contribution in [3.8, 4) is 0 Å². The van der Waals surface area contributed by atoms with Crippen molar-refractivity contribution in [1.82, 2.24) is 5.32 Å². The molecule has 1 aromatic carbocycles. The van der Waals surface area contributed by atoms with Crippen molar-refractivity contribution in [2.24, 2.45) is 5.41 Å². The van der Waals surface area contributed by atoms with Crippen LogP contribution in [0.4, 0.5) is 0 Å². The van der Waals surface area contributed by atoms with E-state index in [9.17, 15) is 0 Å². The number of rotatable bonds is 3. The summed E-state index contributed by atoms with van der Waals surface area (Å²) in [7, 11) is 0. The van der Waals surface area contributed by atoms with Gasteiger partial charge < -0.3 is 5.32 Å². The Balaban J connectivity index is 1.81. The minimum Gasteiger partial charge on any atom is -0.316 e. The monoisotopic (exact) mass is 203 g/mol. The maximum atomic E-state index is 3.57. The minimum atomic E-state index is 0.392. The second kappa shape index (κ2) is 3.97. The lowest BCUT2D eigenvalue weighted by Crippen LogP contribution is -2.34. The maximum Gasteiger partial charge on any atom is 0.00236 e. The molecule has 15 heavy (non-hydrogen) atoms. The zero-order valence-corrected chi connectivity index (χ0v) is 10.0. The van der Waals surface area contributed by atoms with Crippen LogP contribution in [0.2, 0.25) is 0 Å². The fraction of sp³-hybridized carbons (Fsp3) is 0.571. The molecule has 82 valence electrons. The third kappa shape index (κ3) is 2.60. The number of hydrogen-bond donors (Lipinski definition) is 1. The van der Waals surface area contributed by atoms with Crippen LogP contribution in [0, 0.1) is 5.41 Å². The van der Waals surface area contributed by atoms with Crippen LogP contribution in [0.1, 0.15) is 37.8 Å². The minimum absolute atomic E-state index is 0.392. The van der Waals surface area contributed by atoms with Crippen LogP contribution in [-0.4, -0.2) is 13.1 Å². The van der Waals surface area contributed by atoms with Crippen molar-refractivity contribution in [3.63, 3.8) is 0 Å². The fourth-order valence-corrected chi connectivity index (χ4v) is 2.17. The molecule has 1 unspecified atom stereocenters. The Morgan fingerprint density at radius 1 is 1.27 bits per heavy atom. The predicted molar refractivity (Wildman–Crippen MR) is 65.2 cm³/mol. The van der Waals surface area contributed by atoms with Gasteiger partial charge in [-0.3, -0.25) is 0 Å². The Bertz CT molecular complexity index is 335. The lowest BCUT2D eigenvalue weighted by molar-refractivity contribution is 0.368. The first-order chi connectivity index (χ1) is 7.06. The molecule has 0 saturated carbocycles. The van der Waals surface area contributed by atoms with E-state index in [-0.39, 0.29) is 0 Å². The maximum absolute atomic E-state index is 3.57. The van der Waals surface area contributed by atoms with Gasteiger partial charge in [0.25, 0.3) is 0 Å². The summed E-state index contributed by atoms with van der Waals surface area (Å²) in [5.74, 6) is 0.753. The largest absolute Gasteiger partial charge is 0.316 e. The topological polar surface area (TPSA) is 12.0 Å². The summed E-state index contributed by atoms with van der Waals surface area (Å²) in [6.07, 6.45) is 1.26. The predicted octanol–water partition coefficient (Wildman–Crippen LogP) is 2.96. The van der Waals surface area contributed by atoms with Gasteiger partial charge in [-0.1, -0.05) is 45.0 Å². The molecule has 1 nitrogen and oxygen atoms in total. The molecule has 2 rings (SSSR count). The second-order valence-corrected chi connectivity index (χ2v) is 5.79. The van der Waals surface area contributed by atoms with Gasteiger partial charge >= 0.3 is 0 Å². The van der Waals surface area contributed by atoms with E-state index in [1.54, 1.807) is 11.1 Å². The van der Waals surface area contributed by atoms with Crippen LogP contribution in [0.25, 0.3) is 0 Å². The van der Waals surface area contributed by atoms with Gasteiger partial charge in [-0.15, -0.1) is 0 Å². The zero-order valence-electron chi connectivity index (χ0n) is 10.0. The lowest BCUT2D eigenvalue weighted by Gasteiger charge is -2.31. The summed E-state index contributed by atoms with van der Waals surface area (Å²) in [6, 6.07) is 8.80. The molecule has 0 heterocycles. The first-order valence-corrected chi connectivity index (χ1v) is 5.85. The standard InChI is InChI=1S/C14H21N/c1-14(2,3)10-15-9-12-8-11-6-4-5-7-13(11)12/h4-7,12,15H,8-10H2,1-3H3. The molecule has 1 aromatic rings. The molecule has 0 amide bonds. The number of nitrogens with one attached hydrogen (secondary N) is 1. The van der Waals surface area contributed by atoms with Gasteiger partial charge in [0.15, 0.2) is 0 Å². The van der Waals surface area contributed by atoms with Crippen molar-refractivity contribution in [1.29, 1.82) is 0 Å². The molecule has 0 aromatic heterocycles. The molecule has 1 heteroatoms. The average molecular weight is 203 g/mol. The van der Waals surface area contributed by atoms with Crippen molar-refractivity contribution in [3.05, 3.63) is 35.4 Å². The molecule has 0 aliphatic heterocycles. The summed E-state index contributed by atoms with van der Waals surface area (Å²) in [6.45, 7) is 9.05. The molecular weight excluding hydrogens is 182 g/mol. The highest BCUT2D eigenvalue weighted by Crippen LogP contribution is 2.34. The first kappa shape index (κ1) is 10.7. The van der Waals surface area contributed by atoms with Crippen molar-refractivity contribution >= 4 is 0 Å². The van der Waals surface area contributed by atoms with Crippen molar-refractivity contribution in [2.75, 3.05) is 13.1 Å². The molecule has 0 saturated heterocycles. The summed E-state index contributed by atoms with van der Waals surface area (Å²) in [4.78, 5) is 0. The normalized spacial score (nSPS) is 19.5. The van der Waals surface area contributed by atoms with Crippen LogP contribution in [0.3, 0.4) is 0 Å². The molecule has 0 spiro atoms.